The van der Waals surface area contributed by atoms with Crippen LogP contribution in [-0.4, -0.2) is 36.8 Å². The Labute approximate surface area is 208 Å². The maximum absolute atomic E-state index is 13.0. The first kappa shape index (κ1) is 24.4. The number of aryl methyl sites for hydroxylation is 1. The Hall–Kier alpha value is -3.76. The molecule has 35 heavy (non-hydrogen) atoms. The molecule has 0 radical (unpaired) electrons. The number of carbonyl (C=O) groups excluding carboxylic acids is 1. The summed E-state index contributed by atoms with van der Waals surface area (Å²) < 4.78 is 32.1. The molecule has 0 spiro atoms. The number of hydrogen-bond acceptors (Lipinski definition) is 7. The Morgan fingerprint density at radius 1 is 0.943 bits per heavy atom. The summed E-state index contributed by atoms with van der Waals surface area (Å²) in [4.78, 5) is 13.0. The van der Waals surface area contributed by atoms with Gasteiger partial charge < -0.3 is 4.74 Å². The number of ether oxygens (including phenoxy) is 1. The van der Waals surface area contributed by atoms with Crippen LogP contribution in [0.4, 0.5) is 10.8 Å². The van der Waals surface area contributed by atoms with Gasteiger partial charge in [0.2, 0.25) is 21.1 Å². The first-order chi connectivity index (χ1) is 16.7. The van der Waals surface area contributed by atoms with E-state index in [1.165, 1.54) is 18.3 Å². The van der Waals surface area contributed by atoms with E-state index in [2.05, 4.69) is 15.5 Å². The van der Waals surface area contributed by atoms with Gasteiger partial charge in [0.25, 0.3) is 0 Å². The van der Waals surface area contributed by atoms with Gasteiger partial charge in [0.1, 0.15) is 22.5 Å². The number of aromatic nitrogens is 2. The number of carbonyl (C=O) groups is 1. The Morgan fingerprint density at radius 2 is 1.57 bits per heavy atom. The molecular formula is C25H24N4O4S2. The van der Waals surface area contributed by atoms with E-state index in [-0.39, 0.29) is 5.13 Å². The first-order valence-corrected chi connectivity index (χ1v) is 13.4. The number of amides is 1. The molecule has 180 valence electrons. The quantitative estimate of drug-likeness (QED) is 0.355. The van der Waals surface area contributed by atoms with Gasteiger partial charge in [-0.3, -0.25) is 14.4 Å². The van der Waals surface area contributed by atoms with Crippen molar-refractivity contribution in [3.8, 4) is 22.1 Å². The van der Waals surface area contributed by atoms with Crippen LogP contribution in [0.5, 0.6) is 11.5 Å². The lowest BCUT2D eigenvalue weighted by Gasteiger charge is -2.28. The van der Waals surface area contributed by atoms with E-state index in [9.17, 15) is 13.2 Å². The molecule has 1 heterocycles. The second kappa shape index (κ2) is 10.2. The zero-order valence-corrected chi connectivity index (χ0v) is 21.0. The van der Waals surface area contributed by atoms with E-state index < -0.39 is 22.0 Å². The number of nitrogens with zero attached hydrogens (tertiary/aromatic N) is 3. The third-order valence-corrected chi connectivity index (χ3v) is 7.24. The van der Waals surface area contributed by atoms with Crippen LogP contribution in [0.1, 0.15) is 12.5 Å². The van der Waals surface area contributed by atoms with Crippen molar-refractivity contribution in [2.24, 2.45) is 0 Å². The minimum Gasteiger partial charge on any atom is -0.457 e. The lowest BCUT2D eigenvalue weighted by atomic mass is 10.2. The van der Waals surface area contributed by atoms with E-state index in [4.69, 9.17) is 4.74 Å². The average molecular weight is 509 g/mol. The van der Waals surface area contributed by atoms with E-state index in [0.29, 0.717) is 22.2 Å². The van der Waals surface area contributed by atoms with Gasteiger partial charge in [-0.25, -0.2) is 8.42 Å². The summed E-state index contributed by atoms with van der Waals surface area (Å²) in [5.74, 6) is 0.685. The van der Waals surface area contributed by atoms with Crippen LogP contribution in [0.3, 0.4) is 0 Å². The third-order valence-electron chi connectivity index (χ3n) is 5.11. The lowest BCUT2D eigenvalue weighted by molar-refractivity contribution is -0.116. The maximum atomic E-state index is 13.0. The second-order valence-corrected chi connectivity index (χ2v) is 10.7. The molecule has 3 aromatic carbocycles. The van der Waals surface area contributed by atoms with Gasteiger partial charge in [0.05, 0.1) is 11.9 Å². The monoisotopic (exact) mass is 508 g/mol. The number of para-hydroxylation sites is 1. The molecule has 0 aliphatic rings. The number of rotatable bonds is 8. The summed E-state index contributed by atoms with van der Waals surface area (Å²) >= 11 is 1.22. The predicted molar refractivity (Wildman–Crippen MR) is 138 cm³/mol. The lowest BCUT2D eigenvalue weighted by Crippen LogP contribution is -2.45. The standard InChI is InChI=1S/C25H24N4O4S2/c1-17-9-11-19(12-10-17)24-27-28-25(34-24)26-23(30)18(2)29(35(3,31)32)20-13-15-22(16-14-20)33-21-7-5-4-6-8-21/h4-16,18H,1-3H3,(H,26,28,30)/t18-/m1/s1. The average Bonchev–Trinajstić information content (AvgIpc) is 3.29. The molecule has 1 atom stereocenters. The highest BCUT2D eigenvalue weighted by molar-refractivity contribution is 7.92. The van der Waals surface area contributed by atoms with Gasteiger partial charge in [0.15, 0.2) is 0 Å². The fraction of sp³-hybridized carbons (Fsp3) is 0.160. The molecule has 1 amide bonds. The van der Waals surface area contributed by atoms with Crippen molar-refractivity contribution in [1.82, 2.24) is 10.2 Å². The molecule has 1 aromatic heterocycles. The molecule has 0 unspecified atom stereocenters. The Kier molecular flexibility index (Phi) is 7.13. The van der Waals surface area contributed by atoms with E-state index in [1.54, 1.807) is 24.3 Å². The zero-order chi connectivity index (χ0) is 25.0. The van der Waals surface area contributed by atoms with E-state index >= 15 is 0 Å². The topological polar surface area (TPSA) is 101 Å². The van der Waals surface area contributed by atoms with Gasteiger partial charge in [-0.1, -0.05) is 59.4 Å². The molecule has 0 bridgehead atoms. The molecule has 8 nitrogen and oxygen atoms in total. The predicted octanol–water partition coefficient (Wildman–Crippen LogP) is 5.10. The van der Waals surface area contributed by atoms with Gasteiger partial charge >= 0.3 is 0 Å². The highest BCUT2D eigenvalue weighted by Crippen LogP contribution is 2.29. The number of hydrogen-bond donors (Lipinski definition) is 1. The van der Waals surface area contributed by atoms with Crippen molar-refractivity contribution in [2.75, 3.05) is 15.9 Å². The van der Waals surface area contributed by atoms with Crippen LogP contribution in [0, 0.1) is 6.92 Å². The molecule has 0 saturated heterocycles. The van der Waals surface area contributed by atoms with Crippen molar-refractivity contribution in [1.29, 1.82) is 0 Å². The zero-order valence-electron chi connectivity index (χ0n) is 19.4. The normalized spacial score (nSPS) is 12.1. The smallest absolute Gasteiger partial charge is 0.249 e. The summed E-state index contributed by atoms with van der Waals surface area (Å²) in [7, 11) is -3.77. The van der Waals surface area contributed by atoms with Crippen LogP contribution in [0.2, 0.25) is 0 Å². The first-order valence-electron chi connectivity index (χ1n) is 10.7. The molecular weight excluding hydrogens is 484 g/mol. The van der Waals surface area contributed by atoms with Crippen molar-refractivity contribution >= 4 is 38.1 Å². The van der Waals surface area contributed by atoms with Crippen LogP contribution in [0.25, 0.3) is 10.6 Å². The fourth-order valence-corrected chi connectivity index (χ4v) is 5.32. The molecule has 1 N–H and O–H groups in total. The summed E-state index contributed by atoms with van der Waals surface area (Å²) in [6.07, 6.45) is 1.06. The SMILES string of the molecule is Cc1ccc(-c2nnc(NC(=O)[C@@H](C)N(c3ccc(Oc4ccccc4)cc3)S(C)(=O)=O)s2)cc1. The molecule has 0 fully saturated rings. The van der Waals surface area contributed by atoms with Crippen LogP contribution < -0.4 is 14.4 Å². The van der Waals surface area contributed by atoms with E-state index in [0.717, 1.165) is 21.7 Å². The number of sulfonamides is 1. The number of anilines is 2. The molecule has 0 aliphatic carbocycles. The molecule has 0 saturated carbocycles. The van der Waals surface area contributed by atoms with Crippen LogP contribution in [-0.2, 0) is 14.8 Å². The van der Waals surface area contributed by atoms with E-state index in [1.807, 2.05) is 61.5 Å². The highest BCUT2D eigenvalue weighted by atomic mass is 32.2. The third kappa shape index (κ3) is 6.03. The Bertz CT molecular complexity index is 1400. The minimum atomic E-state index is -3.77. The van der Waals surface area contributed by atoms with Crippen molar-refractivity contribution in [3.05, 3.63) is 84.4 Å². The summed E-state index contributed by atoms with van der Waals surface area (Å²) in [5, 5.41) is 11.8. The van der Waals surface area contributed by atoms with Crippen molar-refractivity contribution < 1.29 is 17.9 Å². The maximum Gasteiger partial charge on any atom is 0.249 e. The summed E-state index contributed by atoms with van der Waals surface area (Å²) in [6, 6.07) is 22.5. The van der Waals surface area contributed by atoms with Crippen LogP contribution in [0.15, 0.2) is 78.9 Å². The van der Waals surface area contributed by atoms with Gasteiger partial charge in [-0.15, -0.1) is 10.2 Å². The van der Waals surface area contributed by atoms with Crippen molar-refractivity contribution in [2.45, 2.75) is 19.9 Å². The largest absolute Gasteiger partial charge is 0.457 e. The number of benzene rings is 3. The summed E-state index contributed by atoms with van der Waals surface area (Å²) in [5.41, 5.74) is 2.35. The molecule has 0 aliphatic heterocycles. The number of nitrogens with one attached hydrogen (secondary N) is 1. The van der Waals surface area contributed by atoms with Gasteiger partial charge in [-0.2, -0.15) is 0 Å². The van der Waals surface area contributed by atoms with Crippen molar-refractivity contribution in [3.63, 3.8) is 0 Å². The minimum absolute atomic E-state index is 0.289. The Morgan fingerprint density at radius 3 is 2.20 bits per heavy atom. The van der Waals surface area contributed by atoms with Crippen LogP contribution >= 0.6 is 11.3 Å². The highest BCUT2D eigenvalue weighted by Gasteiger charge is 2.30. The molecule has 4 rings (SSSR count). The molecule has 10 heteroatoms. The van der Waals surface area contributed by atoms with Gasteiger partial charge in [-0.05, 0) is 50.2 Å². The summed E-state index contributed by atoms with van der Waals surface area (Å²) in [6.45, 7) is 3.51. The second-order valence-electron chi connectivity index (χ2n) is 7.91. The Balaban J connectivity index is 1.49. The molecule has 4 aromatic rings. The van der Waals surface area contributed by atoms with Gasteiger partial charge in [0, 0.05) is 5.56 Å². The fourth-order valence-electron chi connectivity index (χ4n) is 3.39.